The maximum absolute atomic E-state index is 5.84. The third kappa shape index (κ3) is 3.11. The van der Waals surface area contributed by atoms with Gasteiger partial charge in [0.2, 0.25) is 0 Å². The fourth-order valence-electron chi connectivity index (χ4n) is 2.38. The van der Waals surface area contributed by atoms with Gasteiger partial charge in [-0.15, -0.1) is 0 Å². The van der Waals surface area contributed by atoms with Crippen LogP contribution in [-0.4, -0.2) is 14.2 Å². The zero-order valence-corrected chi connectivity index (χ0v) is 12.4. The summed E-state index contributed by atoms with van der Waals surface area (Å²) >= 11 is 0. The zero-order chi connectivity index (χ0) is 14.5. The molecular formula is C17H22N2O. The lowest BCUT2D eigenvalue weighted by Crippen LogP contribution is -2.19. The highest BCUT2D eigenvalue weighted by Gasteiger charge is 2.10. The number of nitrogens with zero attached hydrogens (tertiary/aromatic N) is 1. The molecule has 0 atom stereocenters. The monoisotopic (exact) mass is 270 g/mol. The predicted molar refractivity (Wildman–Crippen MR) is 84.2 cm³/mol. The van der Waals surface area contributed by atoms with E-state index < -0.39 is 0 Å². The highest BCUT2D eigenvalue weighted by molar-refractivity contribution is 5.55. The van der Waals surface area contributed by atoms with Crippen molar-refractivity contribution in [1.82, 2.24) is 0 Å². The summed E-state index contributed by atoms with van der Waals surface area (Å²) in [7, 11) is 3.79. The summed E-state index contributed by atoms with van der Waals surface area (Å²) in [6.07, 6.45) is 0. The molecule has 0 unspecified atom stereocenters. The topological polar surface area (TPSA) is 38.5 Å². The number of aryl methyl sites for hydroxylation is 1. The third-order valence-corrected chi connectivity index (χ3v) is 3.47. The van der Waals surface area contributed by atoms with Gasteiger partial charge in [0.15, 0.2) is 0 Å². The van der Waals surface area contributed by atoms with Crippen LogP contribution in [0, 0.1) is 6.92 Å². The fourth-order valence-corrected chi connectivity index (χ4v) is 2.38. The Bertz CT molecular complexity index is 581. The Balaban J connectivity index is 2.28. The van der Waals surface area contributed by atoms with Crippen LogP contribution in [0.4, 0.5) is 5.69 Å². The van der Waals surface area contributed by atoms with Crippen molar-refractivity contribution in [2.24, 2.45) is 5.73 Å². The number of methoxy groups -OCH3 is 1. The normalized spacial score (nSPS) is 10.4. The van der Waals surface area contributed by atoms with E-state index in [-0.39, 0.29) is 0 Å². The SMILES string of the molecule is COc1ccccc1CN(C)c1cc(C)ccc1CN. The van der Waals surface area contributed by atoms with Crippen molar-refractivity contribution >= 4 is 5.69 Å². The highest BCUT2D eigenvalue weighted by Crippen LogP contribution is 2.25. The summed E-state index contributed by atoms with van der Waals surface area (Å²) in [5.74, 6) is 0.918. The molecule has 0 radical (unpaired) electrons. The first-order valence-electron chi connectivity index (χ1n) is 6.78. The van der Waals surface area contributed by atoms with E-state index in [4.69, 9.17) is 10.5 Å². The van der Waals surface area contributed by atoms with Crippen molar-refractivity contribution in [3.8, 4) is 5.75 Å². The molecule has 3 nitrogen and oxygen atoms in total. The molecule has 0 spiro atoms. The zero-order valence-electron chi connectivity index (χ0n) is 12.4. The number of hydrogen-bond donors (Lipinski definition) is 1. The smallest absolute Gasteiger partial charge is 0.123 e. The van der Waals surface area contributed by atoms with Gasteiger partial charge in [-0.25, -0.2) is 0 Å². The van der Waals surface area contributed by atoms with Crippen LogP contribution in [0.25, 0.3) is 0 Å². The van der Waals surface area contributed by atoms with E-state index in [9.17, 15) is 0 Å². The van der Waals surface area contributed by atoms with Crippen molar-refractivity contribution in [3.63, 3.8) is 0 Å². The third-order valence-electron chi connectivity index (χ3n) is 3.47. The second-order valence-electron chi connectivity index (χ2n) is 5.00. The van der Waals surface area contributed by atoms with Crippen LogP contribution in [0.2, 0.25) is 0 Å². The average molecular weight is 270 g/mol. The first-order valence-corrected chi connectivity index (χ1v) is 6.78. The van der Waals surface area contributed by atoms with Crippen molar-refractivity contribution in [1.29, 1.82) is 0 Å². The quantitative estimate of drug-likeness (QED) is 0.907. The molecule has 106 valence electrons. The van der Waals surface area contributed by atoms with E-state index in [1.54, 1.807) is 7.11 Å². The summed E-state index contributed by atoms with van der Waals surface area (Å²) < 4.78 is 5.41. The molecule has 0 heterocycles. The number of anilines is 1. The Morgan fingerprint density at radius 1 is 1.10 bits per heavy atom. The van der Waals surface area contributed by atoms with Crippen LogP contribution >= 0.6 is 0 Å². The Morgan fingerprint density at radius 3 is 2.55 bits per heavy atom. The standard InChI is InChI=1S/C17H22N2O/c1-13-8-9-14(11-18)16(10-13)19(2)12-15-6-4-5-7-17(15)20-3/h4-10H,11-12,18H2,1-3H3. The molecule has 2 aromatic carbocycles. The lowest BCUT2D eigenvalue weighted by Gasteiger charge is -2.23. The number of ether oxygens (including phenoxy) is 1. The molecule has 0 aromatic heterocycles. The van der Waals surface area contributed by atoms with Crippen LogP contribution in [0.1, 0.15) is 16.7 Å². The molecule has 3 heteroatoms. The van der Waals surface area contributed by atoms with Crippen molar-refractivity contribution in [2.75, 3.05) is 19.1 Å². The molecule has 0 fully saturated rings. The molecule has 2 aromatic rings. The van der Waals surface area contributed by atoms with E-state index in [1.807, 2.05) is 18.2 Å². The Labute approximate surface area is 121 Å². The lowest BCUT2D eigenvalue weighted by molar-refractivity contribution is 0.409. The first-order chi connectivity index (χ1) is 9.65. The average Bonchev–Trinajstić information content (AvgIpc) is 2.47. The molecule has 2 N–H and O–H groups in total. The van der Waals surface area contributed by atoms with Gasteiger partial charge in [-0.1, -0.05) is 30.3 Å². The van der Waals surface area contributed by atoms with Gasteiger partial charge >= 0.3 is 0 Å². The van der Waals surface area contributed by atoms with E-state index in [1.165, 1.54) is 16.8 Å². The summed E-state index contributed by atoms with van der Waals surface area (Å²) in [5.41, 5.74) is 10.6. The van der Waals surface area contributed by atoms with Gasteiger partial charge < -0.3 is 15.4 Å². The molecule has 0 amide bonds. The van der Waals surface area contributed by atoms with Gasteiger partial charge in [0.1, 0.15) is 5.75 Å². The maximum Gasteiger partial charge on any atom is 0.123 e. The molecule has 0 aliphatic carbocycles. The minimum Gasteiger partial charge on any atom is -0.496 e. The molecule has 0 aliphatic heterocycles. The Morgan fingerprint density at radius 2 is 1.85 bits per heavy atom. The molecule has 0 aliphatic rings. The summed E-state index contributed by atoms with van der Waals surface area (Å²) in [4.78, 5) is 2.22. The van der Waals surface area contributed by atoms with Gasteiger partial charge in [0, 0.05) is 31.4 Å². The summed E-state index contributed by atoms with van der Waals surface area (Å²) in [6, 6.07) is 14.5. The summed E-state index contributed by atoms with van der Waals surface area (Å²) in [6.45, 7) is 3.44. The lowest BCUT2D eigenvalue weighted by atomic mass is 10.1. The number of rotatable bonds is 5. The van der Waals surface area contributed by atoms with Crippen LogP contribution in [-0.2, 0) is 13.1 Å². The van der Waals surface area contributed by atoms with Crippen LogP contribution < -0.4 is 15.4 Å². The molecule has 0 bridgehead atoms. The van der Waals surface area contributed by atoms with E-state index in [2.05, 4.69) is 43.1 Å². The molecule has 0 saturated heterocycles. The second kappa shape index (κ2) is 6.44. The summed E-state index contributed by atoms with van der Waals surface area (Å²) in [5, 5.41) is 0. The highest BCUT2D eigenvalue weighted by atomic mass is 16.5. The van der Waals surface area contributed by atoms with Crippen molar-refractivity contribution in [2.45, 2.75) is 20.0 Å². The van der Waals surface area contributed by atoms with Crippen LogP contribution in [0.15, 0.2) is 42.5 Å². The van der Waals surface area contributed by atoms with Gasteiger partial charge in [-0.2, -0.15) is 0 Å². The Kier molecular flexibility index (Phi) is 4.64. The minimum atomic E-state index is 0.547. The number of para-hydroxylation sites is 1. The fraction of sp³-hybridized carbons (Fsp3) is 0.294. The van der Waals surface area contributed by atoms with Crippen molar-refractivity contribution < 1.29 is 4.74 Å². The van der Waals surface area contributed by atoms with Gasteiger partial charge in [-0.05, 0) is 30.2 Å². The van der Waals surface area contributed by atoms with Gasteiger partial charge in [0.25, 0.3) is 0 Å². The number of benzene rings is 2. The first kappa shape index (κ1) is 14.4. The van der Waals surface area contributed by atoms with Gasteiger partial charge in [0.05, 0.1) is 7.11 Å². The Hall–Kier alpha value is -2.00. The second-order valence-corrected chi connectivity index (χ2v) is 5.00. The number of hydrogen-bond acceptors (Lipinski definition) is 3. The largest absolute Gasteiger partial charge is 0.496 e. The maximum atomic E-state index is 5.84. The van der Waals surface area contributed by atoms with E-state index in [0.29, 0.717) is 6.54 Å². The predicted octanol–water partition coefficient (Wildman–Crippen LogP) is 3.10. The molecule has 20 heavy (non-hydrogen) atoms. The molecular weight excluding hydrogens is 248 g/mol. The van der Waals surface area contributed by atoms with E-state index in [0.717, 1.165) is 17.9 Å². The van der Waals surface area contributed by atoms with Crippen molar-refractivity contribution in [3.05, 3.63) is 59.2 Å². The van der Waals surface area contributed by atoms with Crippen LogP contribution in [0.3, 0.4) is 0 Å². The minimum absolute atomic E-state index is 0.547. The van der Waals surface area contributed by atoms with Crippen LogP contribution in [0.5, 0.6) is 5.75 Å². The molecule has 0 saturated carbocycles. The number of nitrogens with two attached hydrogens (primary N) is 1. The van der Waals surface area contributed by atoms with E-state index >= 15 is 0 Å². The molecule has 2 rings (SSSR count). The van der Waals surface area contributed by atoms with Gasteiger partial charge in [-0.3, -0.25) is 0 Å².